The van der Waals surface area contributed by atoms with Gasteiger partial charge in [0.25, 0.3) is 0 Å². The van der Waals surface area contributed by atoms with Gasteiger partial charge < -0.3 is 28.4 Å². The van der Waals surface area contributed by atoms with E-state index in [0.29, 0.717) is 0 Å². The number of rotatable bonds is 6. The second-order valence-corrected chi connectivity index (χ2v) is 14.5. The zero-order valence-electron chi connectivity index (χ0n) is 26.0. The molecule has 230 valence electrons. The summed E-state index contributed by atoms with van der Waals surface area (Å²) in [7, 11) is -0.843. The van der Waals surface area contributed by atoms with Crippen LogP contribution < -0.4 is 14.2 Å². The molecule has 9 nitrogen and oxygen atoms in total. The van der Waals surface area contributed by atoms with E-state index in [-0.39, 0.29) is 17.2 Å². The molecule has 3 aromatic rings. The molecule has 0 aliphatic heterocycles. The Morgan fingerprint density at radius 2 is 0.721 bits per heavy atom. The molecule has 3 aromatic carbocycles. The summed E-state index contributed by atoms with van der Waals surface area (Å²) in [6, 6.07) is 21.1. The first-order valence-corrected chi connectivity index (χ1v) is 14.9. The van der Waals surface area contributed by atoms with Gasteiger partial charge in [-0.05, 0) is 98.7 Å². The number of benzene rings is 3. The summed E-state index contributed by atoms with van der Waals surface area (Å²) in [5.74, 6) is 0.852. The molecule has 43 heavy (non-hydrogen) atoms. The van der Waals surface area contributed by atoms with Crippen molar-refractivity contribution in [1.29, 1.82) is 0 Å². The van der Waals surface area contributed by atoms with Crippen LogP contribution in [0.2, 0.25) is 0 Å². The molecule has 0 N–H and O–H groups in total. The van der Waals surface area contributed by atoms with Gasteiger partial charge in [-0.15, -0.1) is 0 Å². The van der Waals surface area contributed by atoms with Crippen LogP contribution in [0.3, 0.4) is 0 Å². The third kappa shape index (κ3) is 11.5. The zero-order chi connectivity index (χ0) is 32.0. The summed E-state index contributed by atoms with van der Waals surface area (Å²) in [5.41, 5.74) is -2.16. The minimum atomic E-state index is -0.843. The lowest BCUT2D eigenvalue weighted by Gasteiger charge is -2.19. The third-order valence-corrected chi connectivity index (χ3v) is 7.07. The molecule has 0 aliphatic rings. The van der Waals surface area contributed by atoms with E-state index in [1.54, 1.807) is 117 Å². The molecule has 0 saturated carbocycles. The van der Waals surface area contributed by atoms with Crippen molar-refractivity contribution in [1.82, 2.24) is 0 Å². The third-order valence-electron chi connectivity index (χ3n) is 4.90. The van der Waals surface area contributed by atoms with E-state index in [2.05, 4.69) is 0 Å². The lowest BCUT2D eigenvalue weighted by molar-refractivity contribution is 0.0192. The molecule has 0 bridgehead atoms. The Kier molecular flexibility index (Phi) is 10.4. The lowest BCUT2D eigenvalue weighted by atomic mass is 10.2. The normalized spacial score (nSPS) is 11.9. The van der Waals surface area contributed by atoms with Gasteiger partial charge in [-0.25, -0.2) is 14.4 Å². The molecule has 0 spiro atoms. The predicted molar refractivity (Wildman–Crippen MR) is 162 cm³/mol. The second-order valence-electron chi connectivity index (χ2n) is 12.4. The number of hydrogen-bond donors (Lipinski definition) is 0. The van der Waals surface area contributed by atoms with E-state index < -0.39 is 46.2 Å². The topological polar surface area (TPSA) is 107 Å². The fourth-order valence-corrected chi connectivity index (χ4v) is 5.67. The minimum Gasteiger partial charge on any atom is -0.428 e. The summed E-state index contributed by atoms with van der Waals surface area (Å²) >= 11 is 0. The van der Waals surface area contributed by atoms with Gasteiger partial charge in [0, 0.05) is 18.2 Å². The van der Waals surface area contributed by atoms with E-state index >= 15 is 0 Å². The molecule has 0 unspecified atom stereocenters. The Morgan fingerprint density at radius 1 is 0.465 bits per heavy atom. The highest BCUT2D eigenvalue weighted by atomic mass is 32.2. The van der Waals surface area contributed by atoms with E-state index in [0.717, 1.165) is 14.7 Å². The van der Waals surface area contributed by atoms with Gasteiger partial charge in [-0.2, -0.15) is 0 Å². The maximum Gasteiger partial charge on any atom is 0.514 e. The molecule has 0 aliphatic carbocycles. The molecule has 0 radical (unpaired) electrons. The maximum absolute atomic E-state index is 12.4. The Balaban J connectivity index is 2.03. The van der Waals surface area contributed by atoms with Gasteiger partial charge >= 0.3 is 18.5 Å². The van der Waals surface area contributed by atoms with Crippen LogP contribution in [0.15, 0.2) is 87.5 Å². The van der Waals surface area contributed by atoms with Gasteiger partial charge in [0.15, 0.2) is 14.7 Å². The Hall–Kier alpha value is -4.18. The predicted octanol–water partition coefficient (Wildman–Crippen LogP) is 8.72. The quantitative estimate of drug-likeness (QED) is 0.117. The van der Waals surface area contributed by atoms with Gasteiger partial charge in [-0.3, -0.25) is 0 Å². The van der Waals surface area contributed by atoms with Crippen molar-refractivity contribution in [3.05, 3.63) is 72.8 Å². The van der Waals surface area contributed by atoms with Crippen molar-refractivity contribution < 1.29 is 42.8 Å². The van der Waals surface area contributed by atoms with Crippen LogP contribution in [0.4, 0.5) is 14.4 Å². The Labute approximate surface area is 255 Å². The van der Waals surface area contributed by atoms with Crippen LogP contribution in [-0.2, 0) is 25.1 Å². The molecule has 0 amide bonds. The molecular weight excluding hydrogens is 572 g/mol. The Bertz CT molecular complexity index is 1270. The van der Waals surface area contributed by atoms with Crippen LogP contribution >= 0.6 is 0 Å². The average Bonchev–Trinajstić information content (AvgIpc) is 2.81. The van der Waals surface area contributed by atoms with E-state index in [9.17, 15) is 14.4 Å². The number of carbonyl (C=O) groups excluding carboxylic acids is 3. The van der Waals surface area contributed by atoms with Crippen molar-refractivity contribution in [2.45, 2.75) is 93.8 Å². The molecule has 0 fully saturated rings. The Morgan fingerprint density at radius 3 is 0.953 bits per heavy atom. The van der Waals surface area contributed by atoms with Crippen molar-refractivity contribution >= 4 is 29.4 Å². The smallest absolute Gasteiger partial charge is 0.428 e. The van der Waals surface area contributed by atoms with Crippen molar-refractivity contribution in [2.24, 2.45) is 0 Å². The largest absolute Gasteiger partial charge is 0.514 e. The van der Waals surface area contributed by atoms with Crippen molar-refractivity contribution in [2.75, 3.05) is 0 Å². The SMILES string of the molecule is CC(C)(C)OC(=O)Oc1cccc([S+](c2cccc(OC(=O)OC(C)(C)C)c2)c2cccc(OC(=O)OC(C)(C)C)c2)c1. The van der Waals surface area contributed by atoms with Crippen LogP contribution in [0.5, 0.6) is 17.2 Å². The van der Waals surface area contributed by atoms with E-state index in [1.807, 2.05) is 18.2 Å². The van der Waals surface area contributed by atoms with Crippen LogP contribution in [0.25, 0.3) is 0 Å². The number of ether oxygens (including phenoxy) is 6. The van der Waals surface area contributed by atoms with Gasteiger partial charge in [0.1, 0.15) is 34.1 Å². The first-order chi connectivity index (χ1) is 19.9. The van der Waals surface area contributed by atoms with E-state index in [1.165, 1.54) is 0 Å². The molecule has 3 rings (SSSR count). The highest BCUT2D eigenvalue weighted by molar-refractivity contribution is 7.97. The molecule has 0 saturated heterocycles. The monoisotopic (exact) mass is 611 g/mol. The summed E-state index contributed by atoms with van der Waals surface area (Å²) in [6.07, 6.45) is -2.49. The first kappa shape index (κ1) is 33.3. The van der Waals surface area contributed by atoms with Gasteiger partial charge in [0.05, 0.1) is 10.9 Å². The molecular formula is C33H39O9S+. The summed E-state index contributed by atoms with van der Waals surface area (Å²) in [6.45, 7) is 15.8. The molecule has 0 aromatic heterocycles. The fraction of sp³-hybridized carbons (Fsp3) is 0.364. The van der Waals surface area contributed by atoms with Crippen molar-refractivity contribution in [3.8, 4) is 17.2 Å². The van der Waals surface area contributed by atoms with Crippen LogP contribution in [0.1, 0.15) is 62.3 Å². The maximum atomic E-state index is 12.4. The van der Waals surface area contributed by atoms with Crippen LogP contribution in [0, 0.1) is 0 Å². The zero-order valence-corrected chi connectivity index (χ0v) is 26.8. The summed E-state index contributed by atoms with van der Waals surface area (Å²) in [4.78, 5) is 39.4. The highest BCUT2D eigenvalue weighted by Gasteiger charge is 2.32. The van der Waals surface area contributed by atoms with Gasteiger partial charge in [0.2, 0.25) is 0 Å². The number of hydrogen-bond acceptors (Lipinski definition) is 9. The second kappa shape index (κ2) is 13.4. The van der Waals surface area contributed by atoms with Gasteiger partial charge in [-0.1, -0.05) is 18.2 Å². The average molecular weight is 612 g/mol. The lowest BCUT2D eigenvalue weighted by Crippen LogP contribution is -2.26. The fourth-order valence-electron chi connectivity index (χ4n) is 3.50. The highest BCUT2D eigenvalue weighted by Crippen LogP contribution is 2.36. The molecule has 0 atom stereocenters. The first-order valence-electron chi connectivity index (χ1n) is 13.6. The standard InChI is InChI=1S/C33H39O9S/c1-31(2,3)40-28(34)37-22-13-10-16-25(19-22)43(26-17-11-14-23(20-26)38-29(35)41-32(4,5)6)27-18-12-15-24(21-27)39-30(36)42-33(7,8)9/h10-21H,1-9H3/q+1. The molecule has 0 heterocycles. The van der Waals surface area contributed by atoms with E-state index in [4.69, 9.17) is 28.4 Å². The number of carbonyl (C=O) groups is 3. The van der Waals surface area contributed by atoms with Crippen molar-refractivity contribution in [3.63, 3.8) is 0 Å². The summed E-state index contributed by atoms with van der Waals surface area (Å²) < 4.78 is 32.3. The summed E-state index contributed by atoms with van der Waals surface area (Å²) in [5, 5.41) is 0. The minimum absolute atomic E-state index is 0.284. The molecule has 10 heteroatoms. The van der Waals surface area contributed by atoms with Crippen LogP contribution in [-0.4, -0.2) is 35.3 Å².